The first-order valence-corrected chi connectivity index (χ1v) is 4.81. The Kier molecular flexibility index (Phi) is 2.98. The number of carbonyl (C=O) groups is 1. The molecule has 1 aromatic carbocycles. The van der Waals surface area contributed by atoms with Gasteiger partial charge in [-0.25, -0.2) is 0 Å². The summed E-state index contributed by atoms with van der Waals surface area (Å²) >= 11 is 0. The summed E-state index contributed by atoms with van der Waals surface area (Å²) in [5.74, 6) is -0.462. The molecule has 0 amide bonds. The van der Waals surface area contributed by atoms with Crippen molar-refractivity contribution in [1.82, 2.24) is 0 Å². The normalized spacial score (nSPS) is 19.0. The first kappa shape index (κ1) is 11.9. The minimum absolute atomic E-state index is 0.462. The highest BCUT2D eigenvalue weighted by atomic mass is 16.4. The van der Waals surface area contributed by atoms with Crippen LogP contribution in [-0.4, -0.2) is 21.6 Å². The third kappa shape index (κ3) is 1.94. The maximum Gasteiger partial charge on any atom is 0.164 e. The second kappa shape index (κ2) is 3.76. The van der Waals surface area contributed by atoms with E-state index in [0.717, 1.165) is 0 Å². The summed E-state index contributed by atoms with van der Waals surface area (Å²) in [6.07, 6.45) is 0. The van der Waals surface area contributed by atoms with Gasteiger partial charge in [-0.1, -0.05) is 30.3 Å². The van der Waals surface area contributed by atoms with Gasteiger partial charge in [0.2, 0.25) is 0 Å². The minimum Gasteiger partial charge on any atom is -0.382 e. The van der Waals surface area contributed by atoms with Gasteiger partial charge in [0, 0.05) is 0 Å². The molecule has 3 nitrogen and oxygen atoms in total. The fourth-order valence-corrected chi connectivity index (χ4v) is 1.39. The van der Waals surface area contributed by atoms with Gasteiger partial charge in [-0.15, -0.1) is 0 Å². The molecule has 0 saturated heterocycles. The highest BCUT2D eigenvalue weighted by molar-refractivity contribution is 5.85. The van der Waals surface area contributed by atoms with Crippen molar-refractivity contribution in [3.8, 4) is 0 Å². The second-order valence-electron chi connectivity index (χ2n) is 4.07. The molecule has 0 spiro atoms. The van der Waals surface area contributed by atoms with E-state index in [1.807, 2.05) is 6.07 Å². The Balaban J connectivity index is 3.19. The van der Waals surface area contributed by atoms with Crippen LogP contribution in [0, 0.1) is 0 Å². The van der Waals surface area contributed by atoms with E-state index in [9.17, 15) is 15.0 Å². The van der Waals surface area contributed by atoms with Crippen molar-refractivity contribution < 1.29 is 15.0 Å². The van der Waals surface area contributed by atoms with Crippen LogP contribution in [0.5, 0.6) is 0 Å². The molecule has 2 N–H and O–H groups in total. The van der Waals surface area contributed by atoms with Gasteiger partial charge in [-0.05, 0) is 26.3 Å². The van der Waals surface area contributed by atoms with Gasteiger partial charge >= 0.3 is 0 Å². The summed E-state index contributed by atoms with van der Waals surface area (Å²) in [5.41, 5.74) is -2.85. The molecule has 0 saturated carbocycles. The maximum atomic E-state index is 11.3. The quantitative estimate of drug-likeness (QED) is 0.785. The van der Waals surface area contributed by atoms with Gasteiger partial charge in [-0.2, -0.15) is 0 Å². The summed E-state index contributed by atoms with van der Waals surface area (Å²) in [4.78, 5) is 11.3. The molecule has 15 heavy (non-hydrogen) atoms. The van der Waals surface area contributed by atoms with E-state index in [-0.39, 0.29) is 0 Å². The highest BCUT2D eigenvalue weighted by Crippen LogP contribution is 2.32. The third-order valence-corrected chi connectivity index (χ3v) is 2.97. The van der Waals surface area contributed by atoms with Crippen molar-refractivity contribution in [3.63, 3.8) is 0 Å². The number of hydrogen-bond donors (Lipinski definition) is 2. The minimum atomic E-state index is -1.78. The van der Waals surface area contributed by atoms with Crippen LogP contribution in [0.1, 0.15) is 26.3 Å². The Hall–Kier alpha value is -1.19. The molecule has 0 radical (unpaired) electrons. The molecule has 1 rings (SSSR count). The summed E-state index contributed by atoms with van der Waals surface area (Å²) in [5, 5.41) is 20.2. The van der Waals surface area contributed by atoms with Crippen LogP contribution in [0.4, 0.5) is 0 Å². The molecular formula is C12H16O3. The Morgan fingerprint density at radius 3 is 2.00 bits per heavy atom. The largest absolute Gasteiger partial charge is 0.382 e. The predicted molar refractivity (Wildman–Crippen MR) is 57.3 cm³/mol. The van der Waals surface area contributed by atoms with Gasteiger partial charge in [0.15, 0.2) is 11.4 Å². The Morgan fingerprint density at radius 2 is 1.60 bits per heavy atom. The fraction of sp³-hybridized carbons (Fsp3) is 0.417. The monoisotopic (exact) mass is 208 g/mol. The molecule has 0 fully saturated rings. The second-order valence-corrected chi connectivity index (χ2v) is 4.07. The number of aliphatic hydroxyl groups is 2. The lowest BCUT2D eigenvalue weighted by Gasteiger charge is -2.36. The predicted octanol–water partition coefficient (Wildman–Crippen LogP) is 1.23. The lowest BCUT2D eigenvalue weighted by Crippen LogP contribution is -2.52. The molecule has 0 aliphatic carbocycles. The van der Waals surface area contributed by atoms with Crippen LogP contribution < -0.4 is 0 Å². The number of Topliss-reactive ketones (excluding diaryl/α,β-unsaturated/α-hetero) is 1. The molecule has 2 atom stereocenters. The van der Waals surface area contributed by atoms with E-state index in [2.05, 4.69) is 0 Å². The highest BCUT2D eigenvalue weighted by Gasteiger charge is 2.46. The molecule has 0 aliphatic rings. The van der Waals surface area contributed by atoms with Crippen molar-refractivity contribution >= 4 is 5.78 Å². The summed E-state index contributed by atoms with van der Waals surface area (Å²) in [7, 11) is 0. The number of hydrogen-bond acceptors (Lipinski definition) is 3. The van der Waals surface area contributed by atoms with Crippen LogP contribution in [0.2, 0.25) is 0 Å². The zero-order valence-corrected chi connectivity index (χ0v) is 9.19. The molecule has 0 unspecified atom stereocenters. The average molecular weight is 208 g/mol. The van der Waals surface area contributed by atoms with Crippen molar-refractivity contribution in [3.05, 3.63) is 35.9 Å². The molecule has 0 heterocycles. The first-order chi connectivity index (χ1) is 6.80. The first-order valence-electron chi connectivity index (χ1n) is 4.81. The van der Waals surface area contributed by atoms with E-state index >= 15 is 0 Å². The SMILES string of the molecule is CC(=O)[C@](C)(O)[C@@](C)(O)c1ccccc1. The van der Waals surface area contributed by atoms with Gasteiger partial charge in [-0.3, -0.25) is 4.79 Å². The number of ketones is 1. The smallest absolute Gasteiger partial charge is 0.164 e. The van der Waals surface area contributed by atoms with Crippen LogP contribution in [-0.2, 0) is 10.4 Å². The van der Waals surface area contributed by atoms with E-state index in [1.165, 1.54) is 20.8 Å². The zero-order valence-electron chi connectivity index (χ0n) is 9.19. The standard InChI is InChI=1S/C12H16O3/c1-9(13)11(2,14)12(3,15)10-7-5-4-6-8-10/h4-8,14-15H,1-3H3/t11-,12-/m0/s1. The van der Waals surface area contributed by atoms with Gasteiger partial charge in [0.05, 0.1) is 0 Å². The summed E-state index contributed by atoms with van der Waals surface area (Å²) in [6.45, 7) is 4.02. The third-order valence-electron chi connectivity index (χ3n) is 2.97. The number of benzene rings is 1. The zero-order chi connectivity index (χ0) is 11.7. The van der Waals surface area contributed by atoms with Crippen molar-refractivity contribution in [2.24, 2.45) is 0 Å². The van der Waals surface area contributed by atoms with Crippen molar-refractivity contribution in [2.45, 2.75) is 32.0 Å². The maximum absolute atomic E-state index is 11.3. The molecule has 3 heteroatoms. The van der Waals surface area contributed by atoms with Crippen LogP contribution in [0.3, 0.4) is 0 Å². The fourth-order valence-electron chi connectivity index (χ4n) is 1.39. The van der Waals surface area contributed by atoms with E-state index in [4.69, 9.17) is 0 Å². The molecule has 1 aromatic rings. The summed E-state index contributed by atoms with van der Waals surface area (Å²) < 4.78 is 0. The molecule has 0 aromatic heterocycles. The van der Waals surface area contributed by atoms with Crippen molar-refractivity contribution in [2.75, 3.05) is 0 Å². The number of rotatable bonds is 3. The van der Waals surface area contributed by atoms with E-state index in [0.29, 0.717) is 5.56 Å². The topological polar surface area (TPSA) is 57.5 Å². The van der Waals surface area contributed by atoms with Gasteiger partial charge in [0.1, 0.15) is 5.60 Å². The van der Waals surface area contributed by atoms with Gasteiger partial charge in [0.25, 0.3) is 0 Å². The average Bonchev–Trinajstić information content (AvgIpc) is 2.18. The molecule has 82 valence electrons. The van der Waals surface area contributed by atoms with E-state index in [1.54, 1.807) is 24.3 Å². The number of carbonyl (C=O) groups excluding carboxylic acids is 1. The molecule has 0 bridgehead atoms. The van der Waals surface area contributed by atoms with Gasteiger partial charge < -0.3 is 10.2 Å². The van der Waals surface area contributed by atoms with Crippen molar-refractivity contribution in [1.29, 1.82) is 0 Å². The van der Waals surface area contributed by atoms with Crippen LogP contribution >= 0.6 is 0 Å². The Morgan fingerprint density at radius 1 is 1.13 bits per heavy atom. The lowest BCUT2D eigenvalue weighted by atomic mass is 9.78. The van der Waals surface area contributed by atoms with E-state index < -0.39 is 17.0 Å². The molecular weight excluding hydrogens is 192 g/mol. The molecule has 0 aliphatic heterocycles. The Bertz CT molecular complexity index is 352. The van der Waals surface area contributed by atoms with Crippen LogP contribution in [0.25, 0.3) is 0 Å². The van der Waals surface area contributed by atoms with Crippen LogP contribution in [0.15, 0.2) is 30.3 Å². The summed E-state index contributed by atoms with van der Waals surface area (Å²) in [6, 6.07) is 8.66. The lowest BCUT2D eigenvalue weighted by molar-refractivity contribution is -0.165. The Labute approximate surface area is 89.4 Å².